The third-order valence-corrected chi connectivity index (χ3v) is 5.32. The number of amides is 2. The van der Waals surface area contributed by atoms with Crippen molar-refractivity contribution in [2.75, 3.05) is 11.1 Å². The van der Waals surface area contributed by atoms with Crippen LogP contribution in [0.4, 0.5) is 5.82 Å². The van der Waals surface area contributed by atoms with Crippen LogP contribution in [0.25, 0.3) is 0 Å². The molecule has 7 heteroatoms. The van der Waals surface area contributed by atoms with Crippen molar-refractivity contribution < 1.29 is 9.59 Å². The fourth-order valence-corrected chi connectivity index (χ4v) is 3.35. The Hall–Kier alpha value is -2.41. The predicted octanol–water partition coefficient (Wildman–Crippen LogP) is 3.57. The third kappa shape index (κ3) is 6.36. The van der Waals surface area contributed by atoms with E-state index in [1.54, 1.807) is 17.8 Å². The molecule has 1 aromatic carbocycles. The first-order chi connectivity index (χ1) is 13.1. The fourth-order valence-electron chi connectivity index (χ4n) is 2.59. The summed E-state index contributed by atoms with van der Waals surface area (Å²) in [7, 11) is 0. The molecule has 1 atom stereocenters. The van der Waals surface area contributed by atoms with Crippen molar-refractivity contribution in [3.63, 3.8) is 0 Å². The van der Waals surface area contributed by atoms with Crippen LogP contribution in [0.5, 0.6) is 0 Å². The van der Waals surface area contributed by atoms with Gasteiger partial charge in [0.25, 0.3) is 0 Å². The van der Waals surface area contributed by atoms with Crippen molar-refractivity contribution >= 4 is 29.4 Å². The number of hydrogen-bond donors (Lipinski definition) is 2. The monoisotopic (exact) mass is 384 g/mol. The van der Waals surface area contributed by atoms with Gasteiger partial charge in [-0.15, -0.1) is 22.0 Å². The number of thioether (sulfide) groups is 1. The van der Waals surface area contributed by atoms with E-state index in [1.165, 1.54) is 0 Å². The van der Waals surface area contributed by atoms with Gasteiger partial charge >= 0.3 is 0 Å². The number of carbonyl (C=O) groups excluding carboxylic acids is 2. The van der Waals surface area contributed by atoms with Gasteiger partial charge in [-0.3, -0.25) is 9.59 Å². The summed E-state index contributed by atoms with van der Waals surface area (Å²) in [4.78, 5) is 23.7. The van der Waals surface area contributed by atoms with Gasteiger partial charge in [0.1, 0.15) is 5.03 Å². The van der Waals surface area contributed by atoms with Crippen LogP contribution in [0, 0.1) is 5.92 Å². The summed E-state index contributed by atoms with van der Waals surface area (Å²) in [5.41, 5.74) is 1.10. The Morgan fingerprint density at radius 1 is 1.15 bits per heavy atom. The van der Waals surface area contributed by atoms with Crippen LogP contribution in [-0.4, -0.2) is 27.8 Å². The molecule has 1 aliphatic carbocycles. The van der Waals surface area contributed by atoms with Crippen molar-refractivity contribution in [1.29, 1.82) is 0 Å². The van der Waals surface area contributed by atoms with E-state index in [0.29, 0.717) is 12.2 Å². The number of anilines is 1. The highest BCUT2D eigenvalue weighted by molar-refractivity contribution is 7.99. The quantitative estimate of drug-likeness (QED) is 0.510. The van der Waals surface area contributed by atoms with Crippen LogP contribution in [0.3, 0.4) is 0 Å². The molecule has 0 spiro atoms. The van der Waals surface area contributed by atoms with E-state index in [9.17, 15) is 9.59 Å². The Morgan fingerprint density at radius 2 is 1.93 bits per heavy atom. The molecular weight excluding hydrogens is 360 g/mol. The molecule has 27 heavy (non-hydrogen) atoms. The van der Waals surface area contributed by atoms with Crippen molar-refractivity contribution in [3.8, 4) is 0 Å². The normalized spacial score (nSPS) is 14.4. The Labute approximate surface area is 163 Å². The second kappa shape index (κ2) is 9.50. The molecule has 1 saturated carbocycles. The second-order valence-corrected chi connectivity index (χ2v) is 7.79. The summed E-state index contributed by atoms with van der Waals surface area (Å²) < 4.78 is 0. The van der Waals surface area contributed by atoms with Gasteiger partial charge in [0.15, 0.2) is 5.82 Å². The molecule has 2 amide bonds. The van der Waals surface area contributed by atoms with Gasteiger partial charge in [0, 0.05) is 18.1 Å². The Balaban J connectivity index is 1.33. The van der Waals surface area contributed by atoms with Crippen LogP contribution in [0.1, 0.15) is 44.2 Å². The zero-order chi connectivity index (χ0) is 19.1. The maximum absolute atomic E-state index is 12.1. The lowest BCUT2D eigenvalue weighted by molar-refractivity contribution is -0.121. The molecule has 6 nitrogen and oxygen atoms in total. The fraction of sp³-hybridized carbons (Fsp3) is 0.400. The van der Waals surface area contributed by atoms with Gasteiger partial charge in [0.05, 0.1) is 6.04 Å². The Bertz CT molecular complexity index is 763. The minimum Gasteiger partial charge on any atom is -0.350 e. The maximum Gasteiger partial charge on any atom is 0.228 e. The lowest BCUT2D eigenvalue weighted by atomic mass is 10.1. The zero-order valence-electron chi connectivity index (χ0n) is 15.4. The topological polar surface area (TPSA) is 84.0 Å². The zero-order valence-corrected chi connectivity index (χ0v) is 16.2. The number of nitrogens with zero attached hydrogens (tertiary/aromatic N) is 2. The van der Waals surface area contributed by atoms with Crippen LogP contribution in [0.2, 0.25) is 0 Å². The molecule has 2 aromatic rings. The van der Waals surface area contributed by atoms with E-state index in [2.05, 4.69) is 20.8 Å². The van der Waals surface area contributed by atoms with Crippen molar-refractivity contribution in [1.82, 2.24) is 15.5 Å². The molecule has 0 saturated heterocycles. The standard InChI is InChI=1S/C20H24N4O2S/c1-14(15-6-3-2-4-7-15)21-18(25)8-5-13-27-19-12-11-17(23-24-19)22-20(26)16-9-10-16/h2-4,6-7,11-12,14,16H,5,8-10,13H2,1H3,(H,21,25)(H,22,23,26)/t14-/m1/s1. The predicted molar refractivity (Wildman–Crippen MR) is 106 cm³/mol. The molecule has 142 valence electrons. The molecule has 1 heterocycles. The molecule has 1 fully saturated rings. The molecule has 0 bridgehead atoms. The Kier molecular flexibility index (Phi) is 6.81. The SMILES string of the molecule is C[C@@H](NC(=O)CCCSc1ccc(NC(=O)C2CC2)nn1)c1ccccc1. The first-order valence-corrected chi connectivity index (χ1v) is 10.2. The molecule has 1 aromatic heterocycles. The van der Waals surface area contributed by atoms with Gasteiger partial charge in [0.2, 0.25) is 11.8 Å². The molecule has 0 aliphatic heterocycles. The number of aromatic nitrogens is 2. The molecule has 3 rings (SSSR count). The van der Waals surface area contributed by atoms with Crippen LogP contribution in [-0.2, 0) is 9.59 Å². The van der Waals surface area contributed by atoms with E-state index in [4.69, 9.17) is 0 Å². The van der Waals surface area contributed by atoms with E-state index in [-0.39, 0.29) is 23.8 Å². The maximum atomic E-state index is 12.1. The average Bonchev–Trinajstić information content (AvgIpc) is 3.52. The molecular formula is C20H24N4O2S. The first kappa shape index (κ1) is 19.4. The summed E-state index contributed by atoms with van der Waals surface area (Å²) in [5.74, 6) is 1.51. The number of rotatable bonds is 9. The smallest absolute Gasteiger partial charge is 0.228 e. The third-order valence-electron chi connectivity index (χ3n) is 4.31. The molecule has 0 unspecified atom stereocenters. The second-order valence-electron chi connectivity index (χ2n) is 6.67. The lowest BCUT2D eigenvalue weighted by Crippen LogP contribution is -2.26. The van der Waals surface area contributed by atoms with Crippen LogP contribution < -0.4 is 10.6 Å². The highest BCUT2D eigenvalue weighted by Gasteiger charge is 2.29. The van der Waals surface area contributed by atoms with Gasteiger partial charge in [-0.1, -0.05) is 30.3 Å². The molecule has 0 radical (unpaired) electrons. The number of benzene rings is 1. The highest BCUT2D eigenvalue weighted by atomic mass is 32.2. The van der Waals surface area contributed by atoms with Gasteiger partial charge < -0.3 is 10.6 Å². The van der Waals surface area contributed by atoms with Crippen LogP contribution in [0.15, 0.2) is 47.5 Å². The van der Waals surface area contributed by atoms with Crippen molar-refractivity contribution in [2.24, 2.45) is 5.92 Å². The van der Waals surface area contributed by atoms with E-state index in [1.807, 2.05) is 43.3 Å². The summed E-state index contributed by atoms with van der Waals surface area (Å²) in [6, 6.07) is 13.5. The summed E-state index contributed by atoms with van der Waals surface area (Å²) in [5, 5.41) is 14.7. The van der Waals surface area contributed by atoms with Crippen molar-refractivity contribution in [3.05, 3.63) is 48.0 Å². The Morgan fingerprint density at radius 3 is 2.59 bits per heavy atom. The van der Waals surface area contributed by atoms with Gasteiger partial charge in [-0.2, -0.15) is 0 Å². The first-order valence-electron chi connectivity index (χ1n) is 9.23. The minimum absolute atomic E-state index is 0.00983. The number of nitrogens with one attached hydrogen (secondary N) is 2. The van der Waals surface area contributed by atoms with Gasteiger partial charge in [-0.05, 0) is 43.9 Å². The van der Waals surface area contributed by atoms with Crippen molar-refractivity contribution in [2.45, 2.75) is 43.7 Å². The van der Waals surface area contributed by atoms with E-state index in [0.717, 1.165) is 35.6 Å². The van der Waals surface area contributed by atoms with Crippen LogP contribution >= 0.6 is 11.8 Å². The van der Waals surface area contributed by atoms with E-state index >= 15 is 0 Å². The largest absolute Gasteiger partial charge is 0.350 e. The average molecular weight is 385 g/mol. The number of hydrogen-bond acceptors (Lipinski definition) is 5. The summed E-state index contributed by atoms with van der Waals surface area (Å²) >= 11 is 1.56. The number of carbonyl (C=O) groups is 2. The summed E-state index contributed by atoms with van der Waals surface area (Å²) in [6.07, 6.45) is 3.17. The molecule has 1 aliphatic rings. The van der Waals surface area contributed by atoms with E-state index < -0.39 is 0 Å². The summed E-state index contributed by atoms with van der Waals surface area (Å²) in [6.45, 7) is 1.99. The molecule has 2 N–H and O–H groups in total. The highest BCUT2D eigenvalue weighted by Crippen LogP contribution is 2.30. The minimum atomic E-state index is 0.00983. The lowest BCUT2D eigenvalue weighted by Gasteiger charge is -2.14. The van der Waals surface area contributed by atoms with Gasteiger partial charge in [-0.25, -0.2) is 0 Å².